The number of rotatable bonds is 4. The summed E-state index contributed by atoms with van der Waals surface area (Å²) in [6.07, 6.45) is 4.26. The molecule has 5 rings (SSSR count). The number of halogens is 1. The van der Waals surface area contributed by atoms with E-state index in [2.05, 4.69) is 16.9 Å². The van der Waals surface area contributed by atoms with Crippen molar-refractivity contribution in [2.45, 2.75) is 25.2 Å². The minimum Gasteiger partial charge on any atom is -0.396 e. The molecule has 0 bridgehead atoms. The Labute approximate surface area is 192 Å². The zero-order valence-corrected chi connectivity index (χ0v) is 19.2. The first kappa shape index (κ1) is 22.0. The molecular weight excluding hydrogens is 421 g/mol. The Morgan fingerprint density at radius 2 is 1.91 bits per heavy atom. The molecule has 1 aromatic carbocycles. The summed E-state index contributed by atoms with van der Waals surface area (Å²) >= 11 is 0. The maximum atomic E-state index is 15.2. The molecule has 0 radical (unpaired) electrons. The number of piperidine rings is 1. The molecule has 1 N–H and O–H groups in total. The summed E-state index contributed by atoms with van der Waals surface area (Å²) in [5.74, 6) is 0.744. The SMILES string of the molecule is CN1CCC(c2ccc(-c3cc4ncn(C)c(=O)c4c(N4CC[C@H](CO)C4)n3)cc2F)CC1. The topological polar surface area (TPSA) is 74.5 Å². The number of pyridine rings is 1. The lowest BCUT2D eigenvalue weighted by Crippen LogP contribution is -2.29. The third-order valence-electron chi connectivity index (χ3n) is 7.18. The smallest absolute Gasteiger partial charge is 0.264 e. The van der Waals surface area contributed by atoms with Crippen LogP contribution in [0.2, 0.25) is 0 Å². The summed E-state index contributed by atoms with van der Waals surface area (Å²) in [5, 5.41) is 10.0. The molecule has 0 unspecified atom stereocenters. The van der Waals surface area contributed by atoms with E-state index in [0.29, 0.717) is 41.1 Å². The average Bonchev–Trinajstić information content (AvgIpc) is 3.31. The van der Waals surface area contributed by atoms with Crippen molar-refractivity contribution < 1.29 is 9.50 Å². The van der Waals surface area contributed by atoms with Crippen LogP contribution in [0, 0.1) is 11.7 Å². The van der Waals surface area contributed by atoms with Gasteiger partial charge in [-0.05, 0) is 63.0 Å². The number of likely N-dealkylation sites (tertiary alicyclic amines) is 1. The van der Waals surface area contributed by atoms with E-state index in [1.54, 1.807) is 19.2 Å². The van der Waals surface area contributed by atoms with Crippen LogP contribution in [0.4, 0.5) is 10.2 Å². The summed E-state index contributed by atoms with van der Waals surface area (Å²) < 4.78 is 16.6. The van der Waals surface area contributed by atoms with Crippen LogP contribution in [0.1, 0.15) is 30.7 Å². The second-order valence-electron chi connectivity index (χ2n) is 9.48. The lowest BCUT2D eigenvalue weighted by atomic mass is 9.88. The van der Waals surface area contributed by atoms with Gasteiger partial charge in [0.2, 0.25) is 0 Å². The van der Waals surface area contributed by atoms with E-state index >= 15 is 4.39 Å². The van der Waals surface area contributed by atoms with E-state index in [1.165, 1.54) is 10.9 Å². The maximum Gasteiger partial charge on any atom is 0.264 e. The first-order chi connectivity index (χ1) is 15.9. The fourth-order valence-corrected chi connectivity index (χ4v) is 5.09. The van der Waals surface area contributed by atoms with Crippen molar-refractivity contribution >= 4 is 16.7 Å². The first-order valence-electron chi connectivity index (χ1n) is 11.6. The van der Waals surface area contributed by atoms with E-state index < -0.39 is 0 Å². The predicted octanol–water partition coefficient (Wildman–Crippen LogP) is 2.76. The number of aliphatic hydroxyl groups is 1. The summed E-state index contributed by atoms with van der Waals surface area (Å²) in [6, 6.07) is 7.15. The molecule has 33 heavy (non-hydrogen) atoms. The molecule has 2 aliphatic heterocycles. The third-order valence-corrected chi connectivity index (χ3v) is 7.18. The Balaban J connectivity index is 1.57. The van der Waals surface area contributed by atoms with Crippen molar-refractivity contribution in [3.05, 3.63) is 52.3 Å². The number of nitrogens with zero attached hydrogens (tertiary/aromatic N) is 5. The van der Waals surface area contributed by atoms with Crippen LogP contribution >= 0.6 is 0 Å². The van der Waals surface area contributed by atoms with E-state index in [0.717, 1.165) is 37.9 Å². The molecule has 2 fully saturated rings. The van der Waals surface area contributed by atoms with Gasteiger partial charge in [-0.2, -0.15) is 0 Å². The van der Waals surface area contributed by atoms with Crippen LogP contribution in [0.3, 0.4) is 0 Å². The molecule has 8 heteroatoms. The number of hydrogen-bond donors (Lipinski definition) is 1. The van der Waals surface area contributed by atoms with Crippen LogP contribution in [0.25, 0.3) is 22.2 Å². The van der Waals surface area contributed by atoms with Gasteiger partial charge >= 0.3 is 0 Å². The zero-order valence-electron chi connectivity index (χ0n) is 19.2. The van der Waals surface area contributed by atoms with Gasteiger partial charge in [-0.25, -0.2) is 14.4 Å². The fourth-order valence-electron chi connectivity index (χ4n) is 5.09. The van der Waals surface area contributed by atoms with Gasteiger partial charge in [-0.1, -0.05) is 12.1 Å². The van der Waals surface area contributed by atoms with Gasteiger partial charge in [0.25, 0.3) is 5.56 Å². The number of aryl methyl sites for hydroxylation is 1. The van der Waals surface area contributed by atoms with Gasteiger partial charge in [-0.3, -0.25) is 4.79 Å². The highest BCUT2D eigenvalue weighted by atomic mass is 19.1. The normalized spacial score (nSPS) is 20.1. The quantitative estimate of drug-likeness (QED) is 0.658. The molecule has 7 nitrogen and oxygen atoms in total. The number of aliphatic hydroxyl groups excluding tert-OH is 1. The number of aromatic nitrogens is 3. The van der Waals surface area contributed by atoms with Gasteiger partial charge < -0.3 is 19.5 Å². The molecule has 1 atom stereocenters. The van der Waals surface area contributed by atoms with Gasteiger partial charge in [0, 0.05) is 38.2 Å². The largest absolute Gasteiger partial charge is 0.396 e. The molecule has 3 aromatic rings. The Bertz CT molecular complexity index is 1240. The second kappa shape index (κ2) is 8.83. The predicted molar refractivity (Wildman–Crippen MR) is 127 cm³/mol. The lowest BCUT2D eigenvalue weighted by molar-refractivity contribution is 0.238. The average molecular weight is 452 g/mol. The molecule has 2 aliphatic rings. The molecule has 174 valence electrons. The molecule has 0 amide bonds. The Kier molecular flexibility index (Phi) is 5.88. The standard InChI is InChI=1S/C25H30FN5O2/c1-29-8-6-17(7-9-29)19-4-3-18(11-20(19)26)21-12-22-23(25(33)30(2)15-27-22)24(28-21)31-10-5-16(13-31)14-32/h3-4,11-12,15-17,32H,5-10,13-14H2,1-2H3/t16-/m0/s1. The van der Waals surface area contributed by atoms with E-state index in [1.807, 2.05) is 17.0 Å². The first-order valence-corrected chi connectivity index (χ1v) is 11.6. The number of hydrogen-bond acceptors (Lipinski definition) is 6. The summed E-state index contributed by atoms with van der Waals surface area (Å²) in [4.78, 5) is 26.6. The van der Waals surface area contributed by atoms with Crippen molar-refractivity contribution in [3.8, 4) is 11.3 Å². The van der Waals surface area contributed by atoms with Crippen molar-refractivity contribution in [1.29, 1.82) is 0 Å². The van der Waals surface area contributed by atoms with E-state index in [9.17, 15) is 9.90 Å². The Morgan fingerprint density at radius 1 is 1.12 bits per heavy atom. The van der Waals surface area contributed by atoms with Crippen molar-refractivity contribution in [3.63, 3.8) is 0 Å². The van der Waals surface area contributed by atoms with Crippen LogP contribution in [0.15, 0.2) is 35.4 Å². The Hall–Kier alpha value is -2.84. The minimum atomic E-state index is -0.205. The van der Waals surface area contributed by atoms with Crippen LogP contribution in [-0.4, -0.2) is 64.4 Å². The van der Waals surface area contributed by atoms with Gasteiger partial charge in [-0.15, -0.1) is 0 Å². The molecule has 4 heterocycles. The van der Waals surface area contributed by atoms with Crippen molar-refractivity contribution in [1.82, 2.24) is 19.4 Å². The summed E-state index contributed by atoms with van der Waals surface area (Å²) in [7, 11) is 3.77. The number of fused-ring (bicyclic) bond motifs is 1. The number of anilines is 1. The third kappa shape index (κ3) is 4.13. The second-order valence-corrected chi connectivity index (χ2v) is 9.48. The van der Waals surface area contributed by atoms with E-state index in [4.69, 9.17) is 4.98 Å². The molecule has 0 aliphatic carbocycles. The monoisotopic (exact) mass is 451 g/mol. The molecule has 0 spiro atoms. The van der Waals surface area contributed by atoms with E-state index in [-0.39, 0.29) is 29.8 Å². The molecule has 2 saturated heterocycles. The zero-order chi connectivity index (χ0) is 23.1. The summed E-state index contributed by atoms with van der Waals surface area (Å²) in [5.41, 5.74) is 2.42. The Morgan fingerprint density at radius 3 is 2.61 bits per heavy atom. The van der Waals surface area contributed by atoms with Crippen LogP contribution in [0.5, 0.6) is 0 Å². The molecule has 0 saturated carbocycles. The molecule has 2 aromatic heterocycles. The minimum absolute atomic E-state index is 0.105. The van der Waals surface area contributed by atoms with Gasteiger partial charge in [0.1, 0.15) is 17.0 Å². The van der Waals surface area contributed by atoms with Gasteiger partial charge in [0.15, 0.2) is 0 Å². The highest BCUT2D eigenvalue weighted by molar-refractivity contribution is 5.92. The van der Waals surface area contributed by atoms with Crippen molar-refractivity contribution in [2.75, 3.05) is 44.7 Å². The molecular formula is C25H30FN5O2. The summed E-state index contributed by atoms with van der Waals surface area (Å²) in [6.45, 7) is 3.40. The number of benzene rings is 1. The van der Waals surface area contributed by atoms with Gasteiger partial charge in [0.05, 0.1) is 17.5 Å². The highest BCUT2D eigenvalue weighted by Gasteiger charge is 2.27. The lowest BCUT2D eigenvalue weighted by Gasteiger charge is -2.29. The van der Waals surface area contributed by atoms with Crippen LogP contribution < -0.4 is 10.5 Å². The maximum absolute atomic E-state index is 15.2. The fraction of sp³-hybridized carbons (Fsp3) is 0.480. The highest BCUT2D eigenvalue weighted by Crippen LogP contribution is 2.34. The van der Waals surface area contributed by atoms with Crippen molar-refractivity contribution in [2.24, 2.45) is 13.0 Å². The van der Waals surface area contributed by atoms with Crippen LogP contribution in [-0.2, 0) is 7.05 Å².